The van der Waals surface area contributed by atoms with Gasteiger partial charge in [-0.2, -0.15) is 0 Å². The van der Waals surface area contributed by atoms with Crippen LogP contribution >= 0.6 is 0 Å². The monoisotopic (exact) mass is 415 g/mol. The van der Waals surface area contributed by atoms with Crippen LogP contribution in [0.4, 0.5) is 4.79 Å². The van der Waals surface area contributed by atoms with Crippen LogP contribution in [0.3, 0.4) is 0 Å². The standard InChI is InChI=1S/C26H29N3O2/c30-25(27-17-16-20-9-2-1-3-10-20)24-15-6-7-18-29(24)26(31)28-19-22-13-8-12-21-11-4-5-14-23(21)22/h1-5,8-14,24H,6-7,15-19H2,(H,27,30)(H,28,31)/t24-/m0/s1. The van der Waals surface area contributed by atoms with Crippen molar-refractivity contribution in [2.45, 2.75) is 38.3 Å². The van der Waals surface area contributed by atoms with Crippen LogP contribution in [0.25, 0.3) is 10.8 Å². The number of carbonyl (C=O) groups is 2. The van der Waals surface area contributed by atoms with Crippen molar-refractivity contribution in [1.29, 1.82) is 0 Å². The second kappa shape index (κ2) is 10.1. The van der Waals surface area contributed by atoms with Crippen LogP contribution in [0.2, 0.25) is 0 Å². The summed E-state index contributed by atoms with van der Waals surface area (Å²) in [5.41, 5.74) is 2.27. The lowest BCUT2D eigenvalue weighted by molar-refractivity contribution is -0.126. The van der Waals surface area contributed by atoms with Crippen molar-refractivity contribution in [1.82, 2.24) is 15.5 Å². The molecule has 5 nitrogen and oxygen atoms in total. The zero-order valence-electron chi connectivity index (χ0n) is 17.7. The minimum Gasteiger partial charge on any atom is -0.354 e. The highest BCUT2D eigenvalue weighted by Gasteiger charge is 2.31. The topological polar surface area (TPSA) is 61.4 Å². The number of nitrogens with one attached hydrogen (secondary N) is 2. The Morgan fingerprint density at radius 3 is 2.52 bits per heavy atom. The summed E-state index contributed by atoms with van der Waals surface area (Å²) in [5, 5.41) is 8.35. The minimum absolute atomic E-state index is 0.0593. The van der Waals surface area contributed by atoms with Gasteiger partial charge in [0.2, 0.25) is 5.91 Å². The molecular weight excluding hydrogens is 386 g/mol. The molecule has 1 atom stereocenters. The zero-order chi connectivity index (χ0) is 21.5. The Bertz CT molecular complexity index is 1030. The highest BCUT2D eigenvalue weighted by molar-refractivity contribution is 5.88. The number of amides is 3. The van der Waals surface area contributed by atoms with Crippen molar-refractivity contribution in [2.75, 3.05) is 13.1 Å². The minimum atomic E-state index is -0.406. The fourth-order valence-electron chi connectivity index (χ4n) is 4.26. The molecule has 4 rings (SSSR count). The SMILES string of the molecule is O=C(NCCc1ccccc1)[C@@H]1CCCCN1C(=O)NCc1cccc2ccccc12. The molecule has 5 heteroatoms. The van der Waals surface area contributed by atoms with Crippen LogP contribution in [0.1, 0.15) is 30.4 Å². The molecule has 0 aromatic heterocycles. The summed E-state index contributed by atoms with van der Waals surface area (Å²) in [6.45, 7) is 1.63. The molecule has 0 bridgehead atoms. The lowest BCUT2D eigenvalue weighted by atomic mass is 10.0. The summed E-state index contributed by atoms with van der Waals surface area (Å²) in [5.74, 6) is -0.0593. The molecule has 0 aliphatic carbocycles. The molecule has 160 valence electrons. The normalized spacial score (nSPS) is 16.1. The molecule has 1 heterocycles. The third-order valence-corrected chi connectivity index (χ3v) is 5.93. The van der Waals surface area contributed by atoms with E-state index in [1.165, 1.54) is 5.56 Å². The highest BCUT2D eigenvalue weighted by Crippen LogP contribution is 2.20. The number of benzene rings is 3. The zero-order valence-corrected chi connectivity index (χ0v) is 17.7. The van der Waals surface area contributed by atoms with Gasteiger partial charge in [0.25, 0.3) is 0 Å². The molecule has 2 N–H and O–H groups in total. The van der Waals surface area contributed by atoms with E-state index in [0.29, 0.717) is 26.1 Å². The van der Waals surface area contributed by atoms with Crippen LogP contribution in [-0.2, 0) is 17.8 Å². The van der Waals surface area contributed by atoms with Crippen molar-refractivity contribution < 1.29 is 9.59 Å². The van der Waals surface area contributed by atoms with Crippen molar-refractivity contribution in [3.8, 4) is 0 Å². The fourth-order valence-corrected chi connectivity index (χ4v) is 4.26. The first-order valence-corrected chi connectivity index (χ1v) is 11.0. The van der Waals surface area contributed by atoms with E-state index in [-0.39, 0.29) is 11.9 Å². The number of nitrogens with zero attached hydrogens (tertiary/aromatic N) is 1. The molecule has 1 aliphatic heterocycles. The van der Waals surface area contributed by atoms with Crippen LogP contribution < -0.4 is 10.6 Å². The van der Waals surface area contributed by atoms with E-state index >= 15 is 0 Å². The van der Waals surface area contributed by atoms with E-state index in [4.69, 9.17) is 0 Å². The van der Waals surface area contributed by atoms with Gasteiger partial charge < -0.3 is 15.5 Å². The molecular formula is C26H29N3O2. The summed E-state index contributed by atoms with van der Waals surface area (Å²) >= 11 is 0. The Morgan fingerprint density at radius 1 is 0.871 bits per heavy atom. The molecule has 0 radical (unpaired) electrons. The van der Waals surface area contributed by atoms with E-state index in [1.54, 1.807) is 4.90 Å². The first-order valence-electron chi connectivity index (χ1n) is 11.0. The molecule has 1 saturated heterocycles. The number of hydrogen-bond acceptors (Lipinski definition) is 2. The molecule has 0 spiro atoms. The van der Waals surface area contributed by atoms with E-state index in [9.17, 15) is 9.59 Å². The van der Waals surface area contributed by atoms with Gasteiger partial charge in [-0.1, -0.05) is 72.8 Å². The highest BCUT2D eigenvalue weighted by atomic mass is 16.2. The summed E-state index contributed by atoms with van der Waals surface area (Å²) in [7, 11) is 0. The average molecular weight is 416 g/mol. The maximum Gasteiger partial charge on any atom is 0.318 e. The lowest BCUT2D eigenvalue weighted by Crippen LogP contribution is -2.54. The van der Waals surface area contributed by atoms with Gasteiger partial charge in [0.05, 0.1) is 0 Å². The third-order valence-electron chi connectivity index (χ3n) is 5.93. The first kappa shape index (κ1) is 20.9. The maximum absolute atomic E-state index is 13.0. The van der Waals surface area contributed by atoms with Crippen LogP contribution in [-0.4, -0.2) is 36.0 Å². The van der Waals surface area contributed by atoms with Gasteiger partial charge in [0.1, 0.15) is 6.04 Å². The number of carbonyl (C=O) groups excluding carboxylic acids is 2. The molecule has 0 saturated carbocycles. The number of urea groups is 1. The summed E-state index contributed by atoms with van der Waals surface area (Å²) < 4.78 is 0. The second-order valence-corrected chi connectivity index (χ2v) is 8.03. The maximum atomic E-state index is 13.0. The molecule has 0 unspecified atom stereocenters. The Morgan fingerprint density at radius 2 is 1.65 bits per heavy atom. The summed E-state index contributed by atoms with van der Waals surface area (Å²) in [6.07, 6.45) is 3.38. The van der Waals surface area contributed by atoms with Crippen molar-refractivity contribution in [2.24, 2.45) is 0 Å². The van der Waals surface area contributed by atoms with E-state index in [2.05, 4.69) is 41.0 Å². The van der Waals surface area contributed by atoms with Crippen molar-refractivity contribution in [3.63, 3.8) is 0 Å². The fraction of sp³-hybridized carbons (Fsp3) is 0.308. The first-order chi connectivity index (χ1) is 15.2. The van der Waals surface area contributed by atoms with E-state index in [0.717, 1.165) is 35.6 Å². The van der Waals surface area contributed by atoms with Gasteiger partial charge in [-0.25, -0.2) is 4.79 Å². The van der Waals surface area contributed by atoms with Gasteiger partial charge in [0, 0.05) is 19.6 Å². The van der Waals surface area contributed by atoms with Gasteiger partial charge in [0.15, 0.2) is 0 Å². The third kappa shape index (κ3) is 5.23. The van der Waals surface area contributed by atoms with Gasteiger partial charge in [-0.3, -0.25) is 4.79 Å². The molecule has 1 aliphatic rings. The molecule has 3 amide bonds. The summed E-state index contributed by atoms with van der Waals surface area (Å²) in [6, 6.07) is 23.8. The number of likely N-dealkylation sites (tertiary alicyclic amines) is 1. The Kier molecular flexibility index (Phi) is 6.82. The second-order valence-electron chi connectivity index (χ2n) is 8.03. The molecule has 3 aromatic rings. The summed E-state index contributed by atoms with van der Waals surface area (Å²) in [4.78, 5) is 27.5. The van der Waals surface area contributed by atoms with Gasteiger partial charge in [-0.15, -0.1) is 0 Å². The van der Waals surface area contributed by atoms with Crippen LogP contribution in [0.15, 0.2) is 72.8 Å². The molecule has 3 aromatic carbocycles. The Hall–Kier alpha value is -3.34. The number of rotatable bonds is 6. The van der Waals surface area contributed by atoms with Gasteiger partial charge >= 0.3 is 6.03 Å². The van der Waals surface area contributed by atoms with Crippen molar-refractivity contribution in [3.05, 3.63) is 83.9 Å². The molecule has 1 fully saturated rings. The molecule has 31 heavy (non-hydrogen) atoms. The quantitative estimate of drug-likeness (QED) is 0.632. The number of fused-ring (bicyclic) bond motifs is 1. The van der Waals surface area contributed by atoms with Crippen LogP contribution in [0, 0.1) is 0 Å². The smallest absolute Gasteiger partial charge is 0.318 e. The van der Waals surface area contributed by atoms with Crippen LogP contribution in [0.5, 0.6) is 0 Å². The largest absolute Gasteiger partial charge is 0.354 e. The van der Waals surface area contributed by atoms with E-state index < -0.39 is 6.04 Å². The number of piperidine rings is 1. The average Bonchev–Trinajstić information content (AvgIpc) is 2.83. The predicted octanol–water partition coefficient (Wildman–Crippen LogP) is 4.26. The van der Waals surface area contributed by atoms with Crippen molar-refractivity contribution >= 4 is 22.7 Å². The Labute approximate surface area is 183 Å². The predicted molar refractivity (Wildman–Crippen MR) is 124 cm³/mol. The number of hydrogen-bond donors (Lipinski definition) is 2. The van der Waals surface area contributed by atoms with Gasteiger partial charge in [-0.05, 0) is 47.6 Å². The van der Waals surface area contributed by atoms with E-state index in [1.807, 2.05) is 42.5 Å². The lowest BCUT2D eigenvalue weighted by Gasteiger charge is -2.34. The Balaban J connectivity index is 1.35.